The van der Waals surface area contributed by atoms with Crippen LogP contribution in [0.25, 0.3) is 0 Å². The van der Waals surface area contributed by atoms with Crippen molar-refractivity contribution in [3.63, 3.8) is 0 Å². The standard InChI is InChI=1S/C28H38N4O2/c1-21(2)20-27(33)29-23-12-14-30(15-13-23)26-11-7-5-9-24(26)28(34)32-18-16-31(17-19-32)25-10-6-4-8-22(25)3/h4-11,21,23H,12-20H2,1-3H3,(H,29,33). The number of anilines is 2. The van der Waals surface area contributed by atoms with Gasteiger partial charge in [-0.1, -0.05) is 44.2 Å². The first-order chi connectivity index (χ1) is 16.4. The molecule has 0 radical (unpaired) electrons. The molecule has 2 aliphatic heterocycles. The smallest absolute Gasteiger partial charge is 0.256 e. The summed E-state index contributed by atoms with van der Waals surface area (Å²) in [7, 11) is 0. The van der Waals surface area contributed by atoms with Crippen molar-refractivity contribution in [3.05, 3.63) is 59.7 Å². The van der Waals surface area contributed by atoms with Crippen LogP contribution >= 0.6 is 0 Å². The molecule has 0 spiro atoms. The van der Waals surface area contributed by atoms with Gasteiger partial charge in [0.1, 0.15) is 0 Å². The molecule has 6 heteroatoms. The maximum atomic E-state index is 13.5. The fourth-order valence-electron chi connectivity index (χ4n) is 5.09. The Labute approximate surface area is 203 Å². The molecule has 6 nitrogen and oxygen atoms in total. The highest BCUT2D eigenvalue weighted by molar-refractivity contribution is 6.00. The summed E-state index contributed by atoms with van der Waals surface area (Å²) < 4.78 is 0. The van der Waals surface area contributed by atoms with E-state index in [0.717, 1.165) is 63.4 Å². The number of piperidine rings is 1. The number of carbonyl (C=O) groups excluding carboxylic acids is 2. The number of nitrogens with one attached hydrogen (secondary N) is 1. The van der Waals surface area contributed by atoms with Crippen molar-refractivity contribution in [2.45, 2.75) is 46.1 Å². The fraction of sp³-hybridized carbons (Fsp3) is 0.500. The molecule has 182 valence electrons. The van der Waals surface area contributed by atoms with E-state index in [9.17, 15) is 9.59 Å². The quantitative estimate of drug-likeness (QED) is 0.703. The van der Waals surface area contributed by atoms with Crippen LogP contribution in [0.4, 0.5) is 11.4 Å². The molecule has 1 N–H and O–H groups in total. The zero-order valence-electron chi connectivity index (χ0n) is 20.8. The highest BCUT2D eigenvalue weighted by Gasteiger charge is 2.27. The molecule has 0 atom stereocenters. The lowest BCUT2D eigenvalue weighted by molar-refractivity contribution is -0.122. The van der Waals surface area contributed by atoms with E-state index in [4.69, 9.17) is 0 Å². The van der Waals surface area contributed by atoms with Crippen LogP contribution in [0.1, 0.15) is 49.0 Å². The highest BCUT2D eigenvalue weighted by Crippen LogP contribution is 2.27. The van der Waals surface area contributed by atoms with Crippen molar-refractivity contribution in [2.75, 3.05) is 49.1 Å². The first kappa shape index (κ1) is 24.1. The third kappa shape index (κ3) is 5.72. The number of benzene rings is 2. The van der Waals surface area contributed by atoms with Gasteiger partial charge in [0.05, 0.1) is 5.56 Å². The summed E-state index contributed by atoms with van der Waals surface area (Å²) in [5.74, 6) is 0.637. The number of nitrogens with zero attached hydrogens (tertiary/aromatic N) is 3. The van der Waals surface area contributed by atoms with Gasteiger partial charge >= 0.3 is 0 Å². The van der Waals surface area contributed by atoms with Crippen LogP contribution in [0.2, 0.25) is 0 Å². The van der Waals surface area contributed by atoms with Gasteiger partial charge in [-0.15, -0.1) is 0 Å². The molecular weight excluding hydrogens is 424 g/mol. The van der Waals surface area contributed by atoms with E-state index in [0.29, 0.717) is 12.3 Å². The number of para-hydroxylation sites is 2. The number of piperazine rings is 1. The van der Waals surface area contributed by atoms with Crippen LogP contribution in [0.3, 0.4) is 0 Å². The van der Waals surface area contributed by atoms with E-state index in [1.165, 1.54) is 11.3 Å². The van der Waals surface area contributed by atoms with E-state index in [-0.39, 0.29) is 17.9 Å². The number of amides is 2. The predicted molar refractivity (Wildman–Crippen MR) is 139 cm³/mol. The van der Waals surface area contributed by atoms with Crippen LogP contribution in [0.15, 0.2) is 48.5 Å². The molecule has 2 saturated heterocycles. The Morgan fingerprint density at radius 3 is 2.09 bits per heavy atom. The molecule has 0 aliphatic carbocycles. The average molecular weight is 463 g/mol. The van der Waals surface area contributed by atoms with Gasteiger partial charge < -0.3 is 20.0 Å². The molecule has 4 rings (SSSR count). The summed E-state index contributed by atoms with van der Waals surface area (Å²) >= 11 is 0. The number of hydrogen-bond donors (Lipinski definition) is 1. The Hall–Kier alpha value is -3.02. The molecule has 2 amide bonds. The van der Waals surface area contributed by atoms with E-state index >= 15 is 0 Å². The van der Waals surface area contributed by atoms with Gasteiger partial charge in [0, 0.05) is 63.1 Å². The molecule has 0 bridgehead atoms. The van der Waals surface area contributed by atoms with Crippen LogP contribution in [0.5, 0.6) is 0 Å². The Balaban J connectivity index is 1.36. The van der Waals surface area contributed by atoms with Gasteiger partial charge in [-0.05, 0) is 49.4 Å². The minimum Gasteiger partial charge on any atom is -0.371 e. The molecule has 34 heavy (non-hydrogen) atoms. The Bertz CT molecular complexity index is 989. The summed E-state index contributed by atoms with van der Waals surface area (Å²) in [6.45, 7) is 11.1. The monoisotopic (exact) mass is 462 g/mol. The van der Waals surface area contributed by atoms with Gasteiger partial charge in [0.15, 0.2) is 0 Å². The van der Waals surface area contributed by atoms with Gasteiger partial charge in [-0.2, -0.15) is 0 Å². The summed E-state index contributed by atoms with van der Waals surface area (Å²) in [6.07, 6.45) is 2.39. The Kier molecular flexibility index (Phi) is 7.76. The van der Waals surface area contributed by atoms with Gasteiger partial charge in [-0.25, -0.2) is 0 Å². The van der Waals surface area contributed by atoms with Crippen molar-refractivity contribution in [3.8, 4) is 0 Å². The van der Waals surface area contributed by atoms with Crippen molar-refractivity contribution < 1.29 is 9.59 Å². The summed E-state index contributed by atoms with van der Waals surface area (Å²) in [4.78, 5) is 32.3. The number of hydrogen-bond acceptors (Lipinski definition) is 4. The Morgan fingerprint density at radius 1 is 0.853 bits per heavy atom. The summed E-state index contributed by atoms with van der Waals surface area (Å²) in [5.41, 5.74) is 4.34. The topological polar surface area (TPSA) is 55.9 Å². The van der Waals surface area contributed by atoms with Gasteiger partial charge in [0.25, 0.3) is 5.91 Å². The Morgan fingerprint density at radius 2 is 1.44 bits per heavy atom. The van der Waals surface area contributed by atoms with E-state index < -0.39 is 0 Å². The van der Waals surface area contributed by atoms with Crippen LogP contribution in [-0.2, 0) is 4.79 Å². The molecule has 2 aromatic carbocycles. The summed E-state index contributed by atoms with van der Waals surface area (Å²) in [6, 6.07) is 16.7. The van der Waals surface area contributed by atoms with Crippen LogP contribution in [-0.4, -0.2) is 62.0 Å². The minimum absolute atomic E-state index is 0.118. The predicted octanol–water partition coefficient (Wildman–Crippen LogP) is 4.09. The van der Waals surface area contributed by atoms with Crippen LogP contribution < -0.4 is 15.1 Å². The summed E-state index contributed by atoms with van der Waals surface area (Å²) in [5, 5.41) is 3.19. The van der Waals surface area contributed by atoms with Crippen molar-refractivity contribution >= 4 is 23.2 Å². The normalized spacial score (nSPS) is 17.2. The molecule has 2 aliphatic rings. The lowest BCUT2D eigenvalue weighted by Crippen LogP contribution is -2.49. The number of rotatable bonds is 6. The zero-order valence-corrected chi connectivity index (χ0v) is 20.8. The van der Waals surface area contributed by atoms with Gasteiger partial charge in [0.2, 0.25) is 5.91 Å². The fourth-order valence-corrected chi connectivity index (χ4v) is 5.09. The first-order valence-electron chi connectivity index (χ1n) is 12.7. The average Bonchev–Trinajstić information content (AvgIpc) is 2.84. The number of carbonyl (C=O) groups is 2. The molecule has 2 aromatic rings. The third-order valence-corrected chi connectivity index (χ3v) is 6.95. The second-order valence-corrected chi connectivity index (χ2v) is 10.0. The second-order valence-electron chi connectivity index (χ2n) is 10.0. The molecule has 0 saturated carbocycles. The third-order valence-electron chi connectivity index (χ3n) is 6.95. The zero-order chi connectivity index (χ0) is 24.1. The SMILES string of the molecule is Cc1ccccc1N1CCN(C(=O)c2ccccc2N2CCC(NC(=O)CC(C)C)CC2)CC1. The first-order valence-corrected chi connectivity index (χ1v) is 12.7. The lowest BCUT2D eigenvalue weighted by Gasteiger charge is -2.38. The molecular formula is C28H38N4O2. The van der Waals surface area contributed by atoms with Crippen molar-refractivity contribution in [2.24, 2.45) is 5.92 Å². The van der Waals surface area contributed by atoms with E-state index in [2.05, 4.69) is 66.2 Å². The van der Waals surface area contributed by atoms with E-state index in [1.54, 1.807) is 0 Å². The molecule has 0 aromatic heterocycles. The van der Waals surface area contributed by atoms with Gasteiger partial charge in [-0.3, -0.25) is 9.59 Å². The number of aryl methyl sites for hydroxylation is 1. The highest BCUT2D eigenvalue weighted by atomic mass is 16.2. The van der Waals surface area contributed by atoms with E-state index in [1.807, 2.05) is 23.1 Å². The van der Waals surface area contributed by atoms with Crippen molar-refractivity contribution in [1.82, 2.24) is 10.2 Å². The van der Waals surface area contributed by atoms with Crippen LogP contribution in [0, 0.1) is 12.8 Å². The maximum Gasteiger partial charge on any atom is 0.256 e. The maximum absolute atomic E-state index is 13.5. The second kappa shape index (κ2) is 10.9. The minimum atomic E-state index is 0.118. The molecule has 2 fully saturated rings. The lowest BCUT2D eigenvalue weighted by atomic mass is 10.0. The largest absolute Gasteiger partial charge is 0.371 e. The van der Waals surface area contributed by atoms with Crippen molar-refractivity contribution in [1.29, 1.82) is 0 Å². The molecule has 0 unspecified atom stereocenters. The molecule has 2 heterocycles.